The van der Waals surface area contributed by atoms with Gasteiger partial charge in [0.05, 0.1) is 21.8 Å². The van der Waals surface area contributed by atoms with E-state index in [0.29, 0.717) is 16.3 Å². The third-order valence-electron chi connectivity index (χ3n) is 3.86. The number of carbonyl (C=O) groups excluding carboxylic acids is 1. The summed E-state index contributed by atoms with van der Waals surface area (Å²) in [6.07, 6.45) is 1.28. The van der Waals surface area contributed by atoms with Crippen LogP contribution in [0.1, 0.15) is 10.4 Å². The van der Waals surface area contributed by atoms with Crippen LogP contribution in [0.5, 0.6) is 0 Å². The highest BCUT2D eigenvalue weighted by molar-refractivity contribution is 8.00. The number of oxime groups is 1. The highest BCUT2D eigenvalue weighted by atomic mass is 35.5. The number of carbonyl (C=O) groups is 3. The molecule has 0 unspecified atom stereocenters. The molecule has 4 N–H and O–H groups in total. The molecule has 3 rings (SSSR count). The summed E-state index contributed by atoms with van der Waals surface area (Å²) >= 11 is 12.5. The van der Waals surface area contributed by atoms with Crippen LogP contribution in [0.2, 0.25) is 10.0 Å². The minimum atomic E-state index is -1.18. The molecule has 10 nitrogen and oxygen atoms in total. The van der Waals surface area contributed by atoms with Gasteiger partial charge in [0.1, 0.15) is 17.1 Å². The fourth-order valence-electron chi connectivity index (χ4n) is 2.45. The first kappa shape index (κ1) is 24.0. The number of β-lactam (4-membered cyclic amide) rings is 1. The number of halogens is 2. The summed E-state index contributed by atoms with van der Waals surface area (Å²) in [5.41, 5.74) is 6.08. The maximum Gasteiger partial charge on any atom is 0.353 e. The van der Waals surface area contributed by atoms with Crippen LogP contribution in [-0.4, -0.2) is 70.2 Å². The molecule has 0 radical (unpaired) electrons. The fourth-order valence-corrected chi connectivity index (χ4v) is 3.99. The van der Waals surface area contributed by atoms with Gasteiger partial charge in [0.25, 0.3) is 0 Å². The average molecular weight is 478 g/mol. The van der Waals surface area contributed by atoms with Gasteiger partial charge in [0.2, 0.25) is 12.7 Å². The minimum absolute atomic E-state index is 0.0323. The van der Waals surface area contributed by atoms with Gasteiger partial charge >= 0.3 is 11.9 Å². The van der Waals surface area contributed by atoms with Crippen molar-refractivity contribution >= 4 is 59.0 Å². The van der Waals surface area contributed by atoms with E-state index in [9.17, 15) is 19.5 Å². The molecule has 0 aromatic heterocycles. The van der Waals surface area contributed by atoms with E-state index >= 15 is 0 Å². The van der Waals surface area contributed by atoms with Gasteiger partial charge in [0.15, 0.2) is 0 Å². The molecule has 2 heterocycles. The predicted octanol–water partition coefficient (Wildman–Crippen LogP) is 1.87. The lowest BCUT2D eigenvalue weighted by Crippen LogP contribution is -2.68. The number of hydrogen-bond acceptors (Lipinski definition) is 8. The molecule has 1 amide bonds. The van der Waals surface area contributed by atoms with Crippen LogP contribution in [0.15, 0.2) is 34.6 Å². The quantitative estimate of drug-likeness (QED) is 0.183. The van der Waals surface area contributed by atoms with E-state index in [-0.39, 0.29) is 28.4 Å². The second kappa shape index (κ2) is 10.6. The summed E-state index contributed by atoms with van der Waals surface area (Å²) in [7, 11) is 1.44. The van der Waals surface area contributed by atoms with Crippen molar-refractivity contribution in [1.82, 2.24) is 4.90 Å². The zero-order chi connectivity index (χ0) is 22.4. The number of fused-ring (bicyclic) bond motifs is 1. The van der Waals surface area contributed by atoms with Crippen molar-refractivity contribution in [3.8, 4) is 0 Å². The van der Waals surface area contributed by atoms with Crippen LogP contribution in [0.4, 0.5) is 0 Å². The molecule has 1 fully saturated rings. The molecule has 13 heteroatoms. The lowest BCUT2D eigenvalue weighted by molar-refractivity contribution is -0.147. The molecule has 2 aliphatic heterocycles. The van der Waals surface area contributed by atoms with Gasteiger partial charge in [-0.25, -0.2) is 9.59 Å². The van der Waals surface area contributed by atoms with E-state index in [1.54, 1.807) is 0 Å². The first-order valence-electron chi connectivity index (χ1n) is 8.18. The van der Waals surface area contributed by atoms with Gasteiger partial charge in [-0.2, -0.15) is 0 Å². The van der Waals surface area contributed by atoms with E-state index in [0.717, 1.165) is 0 Å². The number of benzene rings is 1. The number of aromatic carboxylic acids is 1. The van der Waals surface area contributed by atoms with Crippen LogP contribution in [0.25, 0.3) is 0 Å². The lowest BCUT2D eigenvalue weighted by Gasteiger charge is -2.47. The summed E-state index contributed by atoms with van der Waals surface area (Å²) < 4.78 is 4.63. The molecule has 0 spiro atoms. The molecular weight excluding hydrogens is 461 g/mol. The Morgan fingerprint density at radius 3 is 2.60 bits per heavy atom. The van der Waals surface area contributed by atoms with E-state index in [2.05, 4.69) is 9.89 Å². The van der Waals surface area contributed by atoms with Crippen LogP contribution in [-0.2, 0) is 19.2 Å². The SMILES string of the molecule is COCO/N=C/C1=C(C(=O)O)N2C(=O)[C@@H](N)[C@H]2SC1.O=C(O)c1ccc(Cl)c(Cl)c1. The summed E-state index contributed by atoms with van der Waals surface area (Å²) in [6, 6.07) is 3.53. The maximum absolute atomic E-state index is 11.6. The number of rotatable bonds is 6. The number of nitrogens with zero attached hydrogens (tertiary/aromatic N) is 2. The number of amides is 1. The lowest BCUT2D eigenvalue weighted by atomic mass is 10.0. The Balaban J connectivity index is 0.000000248. The van der Waals surface area contributed by atoms with Crippen LogP contribution in [0.3, 0.4) is 0 Å². The predicted molar refractivity (Wildman–Crippen MR) is 111 cm³/mol. The number of nitrogens with two attached hydrogens (primary N) is 1. The molecule has 162 valence electrons. The van der Waals surface area contributed by atoms with Crippen LogP contribution >= 0.6 is 35.0 Å². The third kappa shape index (κ3) is 5.43. The van der Waals surface area contributed by atoms with Crippen molar-refractivity contribution < 1.29 is 34.2 Å². The topological polar surface area (TPSA) is 152 Å². The number of thioether (sulfide) groups is 1. The summed E-state index contributed by atoms with van der Waals surface area (Å²) in [5.74, 6) is -2.18. The molecule has 1 saturated heterocycles. The zero-order valence-electron chi connectivity index (χ0n) is 15.4. The molecular formula is C17H17Cl2N3O7S. The number of ether oxygens (including phenoxy) is 1. The normalized spacial score (nSPS) is 20.3. The fraction of sp³-hybridized carbons (Fsp3) is 0.294. The molecule has 0 saturated carbocycles. The Bertz CT molecular complexity index is 909. The Hall–Kier alpha value is -2.31. The Labute approximate surface area is 185 Å². The largest absolute Gasteiger partial charge is 0.478 e. The second-order valence-corrected chi connectivity index (χ2v) is 7.74. The number of methoxy groups -OCH3 is 1. The van der Waals surface area contributed by atoms with Gasteiger partial charge in [-0.3, -0.25) is 9.69 Å². The number of aliphatic carboxylic acids is 1. The van der Waals surface area contributed by atoms with Gasteiger partial charge in [-0.05, 0) is 18.2 Å². The second-order valence-electron chi connectivity index (χ2n) is 5.82. The highest BCUT2D eigenvalue weighted by Gasteiger charge is 2.51. The van der Waals surface area contributed by atoms with E-state index in [4.69, 9.17) is 38.9 Å². The van der Waals surface area contributed by atoms with Gasteiger partial charge in [0, 0.05) is 18.4 Å². The molecule has 2 aliphatic rings. The van der Waals surface area contributed by atoms with E-state index in [1.165, 1.54) is 48.2 Å². The third-order valence-corrected chi connectivity index (χ3v) is 5.92. The molecule has 30 heavy (non-hydrogen) atoms. The molecule has 2 atom stereocenters. The van der Waals surface area contributed by atoms with Crippen molar-refractivity contribution in [3.63, 3.8) is 0 Å². The Kier molecular flexibility index (Phi) is 8.50. The number of carboxylic acid groups (broad SMARTS) is 2. The van der Waals surface area contributed by atoms with Crippen LogP contribution in [0, 0.1) is 0 Å². The first-order valence-corrected chi connectivity index (χ1v) is 9.98. The van der Waals surface area contributed by atoms with Crippen molar-refractivity contribution in [2.75, 3.05) is 19.7 Å². The van der Waals surface area contributed by atoms with Crippen molar-refractivity contribution in [3.05, 3.63) is 45.1 Å². The molecule has 0 aliphatic carbocycles. The van der Waals surface area contributed by atoms with Gasteiger partial charge in [-0.15, -0.1) is 11.8 Å². The standard InChI is InChI=1S/C10H13N3O5S.C7H4Cl2O2/c1-17-4-18-12-2-5-3-19-9-6(11)8(14)13(9)7(5)10(15)16;8-5-2-1-4(7(10)11)3-6(5)9/h2,6,9H,3-4,11H2,1H3,(H,15,16);1-3H,(H,10,11)/b12-2+;/t6-,9-;/m1./s1. The summed E-state index contributed by atoms with van der Waals surface area (Å²) in [4.78, 5) is 39.2. The first-order chi connectivity index (χ1) is 14.2. The highest BCUT2D eigenvalue weighted by Crippen LogP contribution is 2.38. The molecule has 1 aromatic rings. The minimum Gasteiger partial charge on any atom is -0.478 e. The zero-order valence-corrected chi connectivity index (χ0v) is 17.8. The van der Waals surface area contributed by atoms with Crippen molar-refractivity contribution in [2.45, 2.75) is 11.4 Å². The van der Waals surface area contributed by atoms with Gasteiger partial charge in [-0.1, -0.05) is 28.4 Å². The van der Waals surface area contributed by atoms with Crippen molar-refractivity contribution in [1.29, 1.82) is 0 Å². The smallest absolute Gasteiger partial charge is 0.353 e. The molecule has 0 bridgehead atoms. The maximum atomic E-state index is 11.6. The molecule has 1 aromatic carbocycles. The van der Waals surface area contributed by atoms with Crippen LogP contribution < -0.4 is 5.73 Å². The summed E-state index contributed by atoms with van der Waals surface area (Å²) in [6.45, 7) is -0.0323. The Morgan fingerprint density at radius 1 is 1.33 bits per heavy atom. The van der Waals surface area contributed by atoms with Crippen molar-refractivity contribution in [2.24, 2.45) is 10.9 Å². The Morgan fingerprint density at radius 2 is 2.03 bits per heavy atom. The van der Waals surface area contributed by atoms with Gasteiger partial charge < -0.3 is 25.5 Å². The monoisotopic (exact) mass is 477 g/mol. The summed E-state index contributed by atoms with van der Waals surface area (Å²) in [5, 5.41) is 21.6. The van der Waals surface area contributed by atoms with E-state index < -0.39 is 23.9 Å². The average Bonchev–Trinajstić information content (AvgIpc) is 2.72. The number of hydrogen-bond donors (Lipinski definition) is 3. The number of carboxylic acids is 2. The van der Waals surface area contributed by atoms with E-state index in [1.807, 2.05) is 0 Å².